The number of aromatic nitrogens is 3. The van der Waals surface area contributed by atoms with Gasteiger partial charge in [0.05, 0.1) is 29.8 Å². The van der Waals surface area contributed by atoms with Crippen molar-refractivity contribution in [1.82, 2.24) is 19.0 Å². The molecule has 3 rings (SSSR count). The van der Waals surface area contributed by atoms with Gasteiger partial charge in [0.15, 0.2) is 5.69 Å². The number of nitrogens with one attached hydrogen (secondary N) is 2. The summed E-state index contributed by atoms with van der Waals surface area (Å²) in [6.45, 7) is 3.90. The summed E-state index contributed by atoms with van der Waals surface area (Å²) in [6.07, 6.45) is 3.22. The topological polar surface area (TPSA) is 83.0 Å². The molecule has 0 spiro atoms. The second kappa shape index (κ2) is 5.93. The van der Waals surface area contributed by atoms with Crippen LogP contribution < -0.4 is 15.5 Å². The quantitative estimate of drug-likeness (QED) is 0.861. The highest BCUT2D eigenvalue weighted by molar-refractivity contribution is 6.99. The molecular weight excluding hydrogens is 276 g/mol. The first-order valence-corrected chi connectivity index (χ1v) is 7.06. The van der Waals surface area contributed by atoms with Crippen LogP contribution in [0.5, 0.6) is 0 Å². The van der Waals surface area contributed by atoms with Crippen LogP contribution in [0.15, 0.2) is 24.5 Å². The van der Waals surface area contributed by atoms with E-state index in [-0.39, 0.29) is 5.91 Å². The molecule has 2 N–H and O–H groups in total. The number of hydrogen-bond acceptors (Lipinski definition) is 7. The minimum Gasteiger partial charge on any atom is -0.368 e. The first-order valence-electron chi connectivity index (χ1n) is 6.33. The second-order valence-corrected chi connectivity index (χ2v) is 4.94. The third kappa shape index (κ3) is 2.91. The molecule has 104 valence electrons. The zero-order chi connectivity index (χ0) is 13.8. The van der Waals surface area contributed by atoms with E-state index in [1.54, 1.807) is 12.3 Å². The number of pyridine rings is 1. The zero-order valence-corrected chi connectivity index (χ0v) is 11.6. The van der Waals surface area contributed by atoms with Crippen LogP contribution in [0.3, 0.4) is 0 Å². The Kier molecular flexibility index (Phi) is 3.84. The van der Waals surface area contributed by atoms with Gasteiger partial charge >= 0.3 is 0 Å². The number of piperazine rings is 1. The first-order chi connectivity index (χ1) is 9.83. The summed E-state index contributed by atoms with van der Waals surface area (Å²) in [5.74, 6) is 0.225. The molecule has 1 amide bonds. The van der Waals surface area contributed by atoms with Crippen molar-refractivity contribution in [3.63, 3.8) is 0 Å². The predicted octanol–water partition coefficient (Wildman–Crippen LogP) is 0.595. The van der Waals surface area contributed by atoms with Crippen LogP contribution in [-0.4, -0.2) is 45.8 Å². The average molecular weight is 290 g/mol. The lowest BCUT2D eigenvalue weighted by Gasteiger charge is -2.29. The molecule has 0 bridgehead atoms. The maximum atomic E-state index is 11.8. The number of carbonyl (C=O) groups excluding carboxylic acids is 1. The maximum absolute atomic E-state index is 11.8. The van der Waals surface area contributed by atoms with Crippen molar-refractivity contribution in [3.05, 3.63) is 30.2 Å². The molecule has 3 heterocycles. The smallest absolute Gasteiger partial charge is 0.278 e. The third-order valence-electron chi connectivity index (χ3n) is 3.07. The molecule has 0 atom stereocenters. The molecule has 1 fully saturated rings. The highest BCUT2D eigenvalue weighted by Crippen LogP contribution is 2.15. The maximum Gasteiger partial charge on any atom is 0.278 e. The average Bonchev–Trinajstić information content (AvgIpc) is 3.03. The van der Waals surface area contributed by atoms with Gasteiger partial charge in [-0.2, -0.15) is 8.75 Å². The highest BCUT2D eigenvalue weighted by atomic mass is 32.1. The van der Waals surface area contributed by atoms with Crippen LogP contribution in [0.2, 0.25) is 0 Å². The lowest BCUT2D eigenvalue weighted by Crippen LogP contribution is -2.43. The van der Waals surface area contributed by atoms with E-state index in [9.17, 15) is 4.79 Å². The fraction of sp³-hybridized carbons (Fsp3) is 0.333. The summed E-state index contributed by atoms with van der Waals surface area (Å²) in [4.78, 5) is 18.3. The summed E-state index contributed by atoms with van der Waals surface area (Å²) in [7, 11) is 0. The summed E-state index contributed by atoms with van der Waals surface area (Å²) in [6, 6.07) is 3.77. The van der Waals surface area contributed by atoms with Crippen molar-refractivity contribution >= 4 is 29.1 Å². The third-order valence-corrected chi connectivity index (χ3v) is 3.54. The Balaban J connectivity index is 1.65. The Morgan fingerprint density at radius 1 is 1.30 bits per heavy atom. The fourth-order valence-corrected chi connectivity index (χ4v) is 2.43. The molecule has 1 aliphatic rings. The molecule has 0 aromatic carbocycles. The molecule has 0 radical (unpaired) electrons. The molecule has 8 heteroatoms. The van der Waals surface area contributed by atoms with Crippen molar-refractivity contribution < 1.29 is 4.79 Å². The van der Waals surface area contributed by atoms with Crippen LogP contribution >= 0.6 is 11.7 Å². The van der Waals surface area contributed by atoms with Gasteiger partial charge in [0, 0.05) is 26.2 Å². The molecular formula is C12H14N6OS. The Labute approximate surface area is 120 Å². The molecule has 7 nitrogen and oxygen atoms in total. The lowest BCUT2D eigenvalue weighted by molar-refractivity contribution is 0.102. The van der Waals surface area contributed by atoms with Gasteiger partial charge < -0.3 is 15.5 Å². The molecule has 20 heavy (non-hydrogen) atoms. The fourth-order valence-electron chi connectivity index (χ4n) is 2.02. The van der Waals surface area contributed by atoms with Crippen LogP contribution in [0.25, 0.3) is 0 Å². The molecule has 2 aromatic rings. The molecule has 0 aliphatic carbocycles. The minimum atomic E-state index is -0.291. The molecule has 2 aromatic heterocycles. The van der Waals surface area contributed by atoms with Crippen LogP contribution in [0, 0.1) is 0 Å². The first kappa shape index (κ1) is 12.9. The number of anilines is 2. The second-order valence-electron chi connectivity index (χ2n) is 4.39. The van der Waals surface area contributed by atoms with E-state index < -0.39 is 0 Å². The summed E-state index contributed by atoms with van der Waals surface area (Å²) in [5.41, 5.74) is 1.38. The monoisotopic (exact) mass is 290 g/mol. The van der Waals surface area contributed by atoms with Crippen molar-refractivity contribution in [2.45, 2.75) is 0 Å². The van der Waals surface area contributed by atoms with E-state index in [0.717, 1.165) is 43.6 Å². The van der Waals surface area contributed by atoms with E-state index in [1.807, 2.05) is 6.07 Å². The van der Waals surface area contributed by atoms with Crippen LogP contribution in [0.1, 0.15) is 10.5 Å². The molecule has 0 saturated carbocycles. The SMILES string of the molecule is O=C(Nc1ccc(N2CCNCC2)cn1)c1cnsn1. The van der Waals surface area contributed by atoms with Gasteiger partial charge in [-0.15, -0.1) is 0 Å². The van der Waals surface area contributed by atoms with Gasteiger partial charge in [-0.05, 0) is 12.1 Å². The largest absolute Gasteiger partial charge is 0.368 e. The van der Waals surface area contributed by atoms with Crippen molar-refractivity contribution in [2.75, 3.05) is 36.4 Å². The number of hydrogen-bond donors (Lipinski definition) is 2. The summed E-state index contributed by atoms with van der Waals surface area (Å²) >= 11 is 1.01. The van der Waals surface area contributed by atoms with E-state index in [2.05, 4.69) is 29.3 Å². The predicted molar refractivity (Wildman–Crippen MR) is 77.2 cm³/mol. The van der Waals surface area contributed by atoms with Gasteiger partial charge in [0.1, 0.15) is 5.82 Å². The van der Waals surface area contributed by atoms with Crippen LogP contribution in [-0.2, 0) is 0 Å². The Bertz CT molecular complexity index is 564. The summed E-state index contributed by atoms with van der Waals surface area (Å²) in [5, 5.41) is 6.00. The highest BCUT2D eigenvalue weighted by Gasteiger charge is 2.12. The Hall–Kier alpha value is -2.06. The van der Waals surface area contributed by atoms with Crippen LogP contribution in [0.4, 0.5) is 11.5 Å². The number of amides is 1. The van der Waals surface area contributed by atoms with Crippen molar-refractivity contribution in [2.24, 2.45) is 0 Å². The van der Waals surface area contributed by atoms with E-state index in [0.29, 0.717) is 11.5 Å². The Morgan fingerprint density at radius 3 is 2.80 bits per heavy atom. The van der Waals surface area contributed by atoms with E-state index in [4.69, 9.17) is 0 Å². The van der Waals surface area contributed by atoms with Gasteiger partial charge in [-0.1, -0.05) is 0 Å². The van der Waals surface area contributed by atoms with Crippen molar-refractivity contribution in [1.29, 1.82) is 0 Å². The zero-order valence-electron chi connectivity index (χ0n) is 10.7. The molecule has 1 saturated heterocycles. The van der Waals surface area contributed by atoms with E-state index in [1.165, 1.54) is 6.20 Å². The van der Waals surface area contributed by atoms with Gasteiger partial charge in [-0.3, -0.25) is 4.79 Å². The molecule has 0 unspecified atom stereocenters. The van der Waals surface area contributed by atoms with Gasteiger partial charge in [0.25, 0.3) is 5.91 Å². The Morgan fingerprint density at radius 2 is 2.15 bits per heavy atom. The number of carbonyl (C=O) groups is 1. The molecule has 1 aliphatic heterocycles. The standard InChI is InChI=1S/C12H14N6OS/c19-12(10-8-15-20-17-10)16-11-2-1-9(7-14-11)18-5-3-13-4-6-18/h1-2,7-8,13H,3-6H2,(H,14,16,19). The lowest BCUT2D eigenvalue weighted by atomic mass is 10.3. The minimum absolute atomic E-state index is 0.291. The summed E-state index contributed by atoms with van der Waals surface area (Å²) < 4.78 is 7.68. The number of nitrogens with zero attached hydrogens (tertiary/aromatic N) is 4. The van der Waals surface area contributed by atoms with Gasteiger partial charge in [0.2, 0.25) is 0 Å². The van der Waals surface area contributed by atoms with Gasteiger partial charge in [-0.25, -0.2) is 4.98 Å². The van der Waals surface area contributed by atoms with Crippen molar-refractivity contribution in [3.8, 4) is 0 Å². The normalized spacial score (nSPS) is 15.1. The van der Waals surface area contributed by atoms with E-state index >= 15 is 0 Å². The number of rotatable bonds is 3.